The van der Waals surface area contributed by atoms with E-state index in [1.807, 2.05) is 36.4 Å². The Labute approximate surface area is 156 Å². The summed E-state index contributed by atoms with van der Waals surface area (Å²) in [7, 11) is -3.23. The molecule has 0 radical (unpaired) electrons. The first kappa shape index (κ1) is 17.4. The summed E-state index contributed by atoms with van der Waals surface area (Å²) in [5.41, 5.74) is 4.76. The Morgan fingerprint density at radius 3 is 2.48 bits per heavy atom. The van der Waals surface area contributed by atoms with Crippen molar-refractivity contribution < 1.29 is 13.5 Å². The zero-order chi connectivity index (χ0) is 19.0. The molecule has 1 N–H and O–H groups in total. The number of hydrogen-bond acceptors (Lipinski definition) is 5. The molecule has 0 aliphatic heterocycles. The summed E-state index contributed by atoms with van der Waals surface area (Å²) in [5.74, 6) is 0. The molecule has 0 bridgehead atoms. The fraction of sp³-hybridized carbons (Fsp3) is 0.100. The molecule has 0 spiro atoms. The largest absolute Gasteiger partial charge is 0.392 e. The summed E-state index contributed by atoms with van der Waals surface area (Å²) >= 11 is 0. The topological polar surface area (TPSA) is 84.6 Å². The van der Waals surface area contributed by atoms with Crippen LogP contribution in [0.3, 0.4) is 0 Å². The van der Waals surface area contributed by atoms with Crippen molar-refractivity contribution in [3.05, 3.63) is 72.4 Å². The highest BCUT2D eigenvalue weighted by atomic mass is 32.2. The lowest BCUT2D eigenvalue weighted by Gasteiger charge is -2.06. The molecule has 136 valence electrons. The van der Waals surface area contributed by atoms with E-state index in [2.05, 4.69) is 10.1 Å². The van der Waals surface area contributed by atoms with Crippen LogP contribution in [0.2, 0.25) is 0 Å². The van der Waals surface area contributed by atoms with Crippen molar-refractivity contribution in [2.24, 2.45) is 0 Å². The molecule has 0 saturated carbocycles. The minimum atomic E-state index is -3.23. The number of benzene rings is 2. The number of fused-ring (bicyclic) bond motifs is 1. The van der Waals surface area contributed by atoms with E-state index in [9.17, 15) is 13.5 Å². The third-order valence-electron chi connectivity index (χ3n) is 4.35. The monoisotopic (exact) mass is 379 g/mol. The molecule has 7 heteroatoms. The highest BCUT2D eigenvalue weighted by Crippen LogP contribution is 2.24. The van der Waals surface area contributed by atoms with Gasteiger partial charge in [-0.15, -0.1) is 0 Å². The van der Waals surface area contributed by atoms with Crippen LogP contribution in [0.25, 0.3) is 28.2 Å². The van der Waals surface area contributed by atoms with Gasteiger partial charge >= 0.3 is 0 Å². The maximum atomic E-state index is 11.6. The second-order valence-electron chi connectivity index (χ2n) is 6.29. The lowest BCUT2D eigenvalue weighted by Crippen LogP contribution is -1.98. The second kappa shape index (κ2) is 6.61. The van der Waals surface area contributed by atoms with E-state index in [1.54, 1.807) is 35.0 Å². The van der Waals surface area contributed by atoms with Gasteiger partial charge in [-0.2, -0.15) is 5.10 Å². The van der Waals surface area contributed by atoms with Gasteiger partial charge in [0.05, 0.1) is 29.1 Å². The van der Waals surface area contributed by atoms with Crippen LogP contribution in [0.15, 0.2) is 71.8 Å². The first-order valence-electron chi connectivity index (χ1n) is 8.31. The lowest BCUT2D eigenvalue weighted by atomic mass is 10.1. The average molecular weight is 379 g/mol. The van der Waals surface area contributed by atoms with Gasteiger partial charge in [-0.3, -0.25) is 0 Å². The summed E-state index contributed by atoms with van der Waals surface area (Å²) in [6.45, 7) is -0.0318. The number of aliphatic hydroxyl groups excluding tert-OH is 1. The first-order valence-corrected chi connectivity index (χ1v) is 10.2. The van der Waals surface area contributed by atoms with Gasteiger partial charge in [0, 0.05) is 17.4 Å². The summed E-state index contributed by atoms with van der Waals surface area (Å²) < 4.78 is 25.0. The minimum Gasteiger partial charge on any atom is -0.392 e. The Morgan fingerprint density at radius 1 is 1.00 bits per heavy atom. The Kier molecular flexibility index (Phi) is 4.25. The van der Waals surface area contributed by atoms with Gasteiger partial charge in [0.15, 0.2) is 15.5 Å². The Hall–Kier alpha value is -3.03. The highest BCUT2D eigenvalue weighted by Gasteiger charge is 2.11. The first-order chi connectivity index (χ1) is 13.0. The van der Waals surface area contributed by atoms with Gasteiger partial charge in [-0.1, -0.05) is 30.3 Å². The highest BCUT2D eigenvalue weighted by molar-refractivity contribution is 7.90. The van der Waals surface area contributed by atoms with Crippen LogP contribution >= 0.6 is 0 Å². The van der Waals surface area contributed by atoms with Crippen molar-refractivity contribution in [1.29, 1.82) is 0 Å². The summed E-state index contributed by atoms with van der Waals surface area (Å²) in [4.78, 5) is 4.66. The van der Waals surface area contributed by atoms with Crippen molar-refractivity contribution >= 4 is 15.5 Å². The quantitative estimate of drug-likeness (QED) is 0.589. The predicted octanol–water partition coefficient (Wildman–Crippen LogP) is 2.96. The molecule has 2 aromatic heterocycles. The molecule has 6 nitrogen and oxygen atoms in total. The molecular formula is C20H17N3O3S. The molecule has 2 aromatic carbocycles. The Balaban J connectivity index is 1.80. The molecule has 0 saturated heterocycles. The molecule has 0 atom stereocenters. The van der Waals surface area contributed by atoms with Crippen LogP contribution < -0.4 is 0 Å². The van der Waals surface area contributed by atoms with E-state index in [0.29, 0.717) is 11.3 Å². The number of aliphatic hydroxyl groups is 1. The molecule has 2 heterocycles. The number of sulfone groups is 1. The standard InChI is InChI=1S/C20H17N3O3S/c1-27(25,26)17-7-5-15(6-8-17)18-9-10-20-21-12-19(23(20)22-18)16-4-2-3-14(11-16)13-24/h2-12,24H,13H2,1H3. The molecule has 4 rings (SSSR count). The van der Waals surface area contributed by atoms with Crippen molar-refractivity contribution in [1.82, 2.24) is 14.6 Å². The molecule has 0 amide bonds. The number of imidazole rings is 1. The number of rotatable bonds is 4. The van der Waals surface area contributed by atoms with Crippen LogP contribution in [0.4, 0.5) is 0 Å². The van der Waals surface area contributed by atoms with E-state index >= 15 is 0 Å². The lowest BCUT2D eigenvalue weighted by molar-refractivity contribution is 0.282. The minimum absolute atomic E-state index is 0.0318. The molecule has 0 unspecified atom stereocenters. The van der Waals surface area contributed by atoms with Gasteiger partial charge in [0.2, 0.25) is 0 Å². The molecule has 0 aliphatic rings. The van der Waals surface area contributed by atoms with Gasteiger partial charge in [-0.25, -0.2) is 17.9 Å². The fourth-order valence-corrected chi connectivity index (χ4v) is 3.56. The third kappa shape index (κ3) is 3.34. The molecule has 27 heavy (non-hydrogen) atoms. The smallest absolute Gasteiger partial charge is 0.175 e. The van der Waals surface area contributed by atoms with Crippen molar-refractivity contribution in [2.45, 2.75) is 11.5 Å². The van der Waals surface area contributed by atoms with Crippen LogP contribution in [-0.4, -0.2) is 34.4 Å². The van der Waals surface area contributed by atoms with Gasteiger partial charge < -0.3 is 5.11 Å². The van der Waals surface area contributed by atoms with Crippen molar-refractivity contribution in [2.75, 3.05) is 6.26 Å². The number of aromatic nitrogens is 3. The molecule has 0 fully saturated rings. The molecular weight excluding hydrogens is 362 g/mol. The maximum Gasteiger partial charge on any atom is 0.175 e. The van der Waals surface area contributed by atoms with E-state index in [-0.39, 0.29) is 11.5 Å². The number of nitrogens with zero attached hydrogens (tertiary/aromatic N) is 3. The summed E-state index contributed by atoms with van der Waals surface area (Å²) in [6, 6.07) is 17.9. The second-order valence-corrected chi connectivity index (χ2v) is 8.30. The summed E-state index contributed by atoms with van der Waals surface area (Å²) in [6.07, 6.45) is 2.93. The van der Waals surface area contributed by atoms with Crippen LogP contribution in [0, 0.1) is 0 Å². The third-order valence-corrected chi connectivity index (χ3v) is 5.47. The predicted molar refractivity (Wildman–Crippen MR) is 103 cm³/mol. The van der Waals surface area contributed by atoms with Crippen LogP contribution in [-0.2, 0) is 16.4 Å². The van der Waals surface area contributed by atoms with Crippen LogP contribution in [0.5, 0.6) is 0 Å². The Morgan fingerprint density at radius 2 is 1.78 bits per heavy atom. The van der Waals surface area contributed by atoms with Crippen molar-refractivity contribution in [3.8, 4) is 22.5 Å². The normalized spacial score (nSPS) is 11.8. The van der Waals surface area contributed by atoms with Gasteiger partial charge in [0.25, 0.3) is 0 Å². The molecule has 4 aromatic rings. The maximum absolute atomic E-state index is 11.6. The van der Waals surface area contributed by atoms with E-state index < -0.39 is 9.84 Å². The SMILES string of the molecule is CS(=O)(=O)c1ccc(-c2ccc3ncc(-c4cccc(CO)c4)n3n2)cc1. The number of hydrogen-bond donors (Lipinski definition) is 1. The fourth-order valence-electron chi connectivity index (χ4n) is 2.93. The average Bonchev–Trinajstić information content (AvgIpc) is 3.10. The zero-order valence-electron chi connectivity index (χ0n) is 14.6. The van der Waals surface area contributed by atoms with E-state index in [1.165, 1.54) is 6.26 Å². The van der Waals surface area contributed by atoms with E-state index in [4.69, 9.17) is 0 Å². The molecule has 0 aliphatic carbocycles. The van der Waals surface area contributed by atoms with Crippen molar-refractivity contribution in [3.63, 3.8) is 0 Å². The zero-order valence-corrected chi connectivity index (χ0v) is 15.4. The van der Waals surface area contributed by atoms with Crippen LogP contribution in [0.1, 0.15) is 5.56 Å². The Bertz CT molecular complexity index is 1230. The summed E-state index contributed by atoms with van der Waals surface area (Å²) in [5, 5.41) is 14.0. The van der Waals surface area contributed by atoms with E-state index in [0.717, 1.165) is 22.4 Å². The van der Waals surface area contributed by atoms with Gasteiger partial charge in [0.1, 0.15) is 0 Å². The van der Waals surface area contributed by atoms with Gasteiger partial charge in [-0.05, 0) is 35.9 Å².